The molecule has 1 atom stereocenters. The van der Waals surface area contributed by atoms with E-state index >= 15 is 0 Å². The predicted octanol–water partition coefficient (Wildman–Crippen LogP) is 0.623. The molecule has 1 unspecified atom stereocenters. The van der Waals surface area contributed by atoms with Crippen LogP contribution in [0, 0.1) is 5.92 Å². The summed E-state index contributed by atoms with van der Waals surface area (Å²) in [6.45, 7) is 1.81. The lowest BCUT2D eigenvalue weighted by molar-refractivity contribution is -0.142. The molecule has 0 rings (SSSR count). The average molecular weight is 173 g/mol. The Morgan fingerprint density at radius 2 is 2.08 bits per heavy atom. The largest absolute Gasteiger partial charge is 0.481 e. The summed E-state index contributed by atoms with van der Waals surface area (Å²) < 4.78 is 0. The highest BCUT2D eigenvalue weighted by molar-refractivity contribution is 5.76. The Morgan fingerprint density at radius 1 is 1.50 bits per heavy atom. The van der Waals surface area contributed by atoms with Crippen molar-refractivity contribution in [3.05, 3.63) is 0 Å². The van der Waals surface area contributed by atoms with Crippen molar-refractivity contribution >= 4 is 11.9 Å². The van der Waals surface area contributed by atoms with Crippen LogP contribution >= 0.6 is 0 Å². The maximum atomic E-state index is 10.8. The molecule has 0 heterocycles. The molecule has 0 aromatic heterocycles. The third kappa shape index (κ3) is 3.95. The first-order chi connectivity index (χ1) is 5.61. The SMILES string of the molecule is CCC(CCC(=O)NC)C(=O)O. The van der Waals surface area contributed by atoms with Crippen molar-refractivity contribution in [2.45, 2.75) is 26.2 Å². The van der Waals surface area contributed by atoms with E-state index in [1.165, 1.54) is 0 Å². The lowest BCUT2D eigenvalue weighted by Gasteiger charge is -2.07. The Labute approximate surface area is 72.0 Å². The number of amides is 1. The molecule has 0 spiro atoms. The van der Waals surface area contributed by atoms with Gasteiger partial charge in [-0.2, -0.15) is 0 Å². The highest BCUT2D eigenvalue weighted by atomic mass is 16.4. The lowest BCUT2D eigenvalue weighted by Crippen LogP contribution is -2.20. The number of carboxylic acids is 1. The second kappa shape index (κ2) is 5.57. The smallest absolute Gasteiger partial charge is 0.306 e. The zero-order chi connectivity index (χ0) is 9.56. The zero-order valence-corrected chi connectivity index (χ0v) is 7.46. The van der Waals surface area contributed by atoms with E-state index in [4.69, 9.17) is 5.11 Å². The van der Waals surface area contributed by atoms with E-state index in [0.29, 0.717) is 19.3 Å². The van der Waals surface area contributed by atoms with E-state index in [0.717, 1.165) is 0 Å². The highest BCUT2D eigenvalue weighted by Gasteiger charge is 2.15. The summed E-state index contributed by atoms with van der Waals surface area (Å²) in [5, 5.41) is 11.1. The molecule has 0 aliphatic rings. The van der Waals surface area contributed by atoms with Gasteiger partial charge >= 0.3 is 5.97 Å². The quantitative estimate of drug-likeness (QED) is 0.640. The van der Waals surface area contributed by atoms with E-state index in [1.54, 1.807) is 7.05 Å². The van der Waals surface area contributed by atoms with E-state index in [1.807, 2.05) is 6.92 Å². The number of carbonyl (C=O) groups excluding carboxylic acids is 1. The summed E-state index contributed by atoms with van der Waals surface area (Å²) in [5.74, 6) is -1.31. The third-order valence-electron chi connectivity index (χ3n) is 1.84. The molecule has 0 aliphatic carbocycles. The molecular formula is C8H15NO3. The number of hydrogen-bond acceptors (Lipinski definition) is 2. The molecule has 0 radical (unpaired) electrons. The molecule has 12 heavy (non-hydrogen) atoms. The number of aliphatic carboxylic acids is 1. The van der Waals surface area contributed by atoms with E-state index in [-0.39, 0.29) is 11.8 Å². The van der Waals surface area contributed by atoms with Crippen molar-refractivity contribution in [2.24, 2.45) is 5.92 Å². The van der Waals surface area contributed by atoms with Crippen molar-refractivity contribution in [3.8, 4) is 0 Å². The van der Waals surface area contributed by atoms with Gasteiger partial charge in [0.05, 0.1) is 5.92 Å². The van der Waals surface area contributed by atoms with Gasteiger partial charge in [-0.3, -0.25) is 9.59 Å². The summed E-state index contributed by atoms with van der Waals surface area (Å²) in [6.07, 6.45) is 1.29. The van der Waals surface area contributed by atoms with Crippen LogP contribution in [0.3, 0.4) is 0 Å². The molecule has 4 nitrogen and oxygen atoms in total. The van der Waals surface area contributed by atoms with Crippen molar-refractivity contribution in [2.75, 3.05) is 7.05 Å². The second-order valence-electron chi connectivity index (χ2n) is 2.66. The monoisotopic (exact) mass is 173 g/mol. The number of rotatable bonds is 5. The minimum Gasteiger partial charge on any atom is -0.481 e. The summed E-state index contributed by atoms with van der Waals surface area (Å²) in [5.41, 5.74) is 0. The van der Waals surface area contributed by atoms with Crippen molar-refractivity contribution in [1.29, 1.82) is 0 Å². The highest BCUT2D eigenvalue weighted by Crippen LogP contribution is 2.10. The molecule has 0 bridgehead atoms. The Morgan fingerprint density at radius 3 is 2.42 bits per heavy atom. The summed E-state index contributed by atoms with van der Waals surface area (Å²) in [4.78, 5) is 21.3. The molecule has 0 fully saturated rings. The Hall–Kier alpha value is -1.06. The molecule has 4 heteroatoms. The third-order valence-corrected chi connectivity index (χ3v) is 1.84. The zero-order valence-electron chi connectivity index (χ0n) is 7.46. The summed E-state index contributed by atoms with van der Waals surface area (Å²) in [6, 6.07) is 0. The van der Waals surface area contributed by atoms with Crippen LogP contribution in [0.5, 0.6) is 0 Å². The first-order valence-electron chi connectivity index (χ1n) is 4.05. The minimum absolute atomic E-state index is 0.102. The summed E-state index contributed by atoms with van der Waals surface area (Å²) >= 11 is 0. The van der Waals surface area contributed by atoms with Gasteiger partial charge in [0.25, 0.3) is 0 Å². The van der Waals surface area contributed by atoms with Gasteiger partial charge < -0.3 is 10.4 Å². The van der Waals surface area contributed by atoms with E-state index in [2.05, 4.69) is 5.32 Å². The number of carboxylic acid groups (broad SMARTS) is 1. The van der Waals surface area contributed by atoms with Crippen LogP contribution in [0.15, 0.2) is 0 Å². The van der Waals surface area contributed by atoms with Crippen LogP contribution in [-0.2, 0) is 9.59 Å². The second-order valence-corrected chi connectivity index (χ2v) is 2.66. The molecule has 2 N–H and O–H groups in total. The van der Waals surface area contributed by atoms with Crippen molar-refractivity contribution in [3.63, 3.8) is 0 Å². The molecule has 0 saturated carbocycles. The predicted molar refractivity (Wildman–Crippen MR) is 44.7 cm³/mol. The van der Waals surface area contributed by atoms with Gasteiger partial charge in [0.15, 0.2) is 0 Å². The maximum Gasteiger partial charge on any atom is 0.306 e. The molecule has 0 aromatic rings. The van der Waals surface area contributed by atoms with Gasteiger partial charge in [-0.05, 0) is 12.8 Å². The molecular weight excluding hydrogens is 158 g/mol. The van der Waals surface area contributed by atoms with E-state index < -0.39 is 5.97 Å². The van der Waals surface area contributed by atoms with Crippen molar-refractivity contribution < 1.29 is 14.7 Å². The van der Waals surface area contributed by atoms with Crippen LogP contribution < -0.4 is 5.32 Å². The fraction of sp³-hybridized carbons (Fsp3) is 0.750. The topological polar surface area (TPSA) is 66.4 Å². The summed E-state index contributed by atoms with van der Waals surface area (Å²) in [7, 11) is 1.55. The number of hydrogen-bond donors (Lipinski definition) is 2. The minimum atomic E-state index is -0.818. The molecule has 1 amide bonds. The fourth-order valence-corrected chi connectivity index (χ4v) is 0.933. The normalized spacial score (nSPS) is 12.2. The number of nitrogens with one attached hydrogen (secondary N) is 1. The standard InChI is InChI=1S/C8H15NO3/c1-3-6(8(11)12)4-5-7(10)9-2/h6H,3-5H2,1-2H3,(H,9,10)(H,11,12). The van der Waals surface area contributed by atoms with Gasteiger partial charge in [0.1, 0.15) is 0 Å². The van der Waals surface area contributed by atoms with Crippen LogP contribution in [0.1, 0.15) is 26.2 Å². The first kappa shape index (κ1) is 10.9. The van der Waals surface area contributed by atoms with Gasteiger partial charge in [0, 0.05) is 13.5 Å². The Kier molecular flexibility index (Phi) is 5.08. The van der Waals surface area contributed by atoms with Gasteiger partial charge in [0.2, 0.25) is 5.91 Å². The van der Waals surface area contributed by atoms with Crippen LogP contribution in [0.2, 0.25) is 0 Å². The Bertz CT molecular complexity index is 168. The fourth-order valence-electron chi connectivity index (χ4n) is 0.933. The Balaban J connectivity index is 3.73. The first-order valence-corrected chi connectivity index (χ1v) is 4.05. The van der Waals surface area contributed by atoms with Gasteiger partial charge in [-0.25, -0.2) is 0 Å². The van der Waals surface area contributed by atoms with E-state index in [9.17, 15) is 9.59 Å². The van der Waals surface area contributed by atoms with Gasteiger partial charge in [-0.15, -0.1) is 0 Å². The van der Waals surface area contributed by atoms with Gasteiger partial charge in [-0.1, -0.05) is 6.92 Å². The molecule has 70 valence electrons. The average Bonchev–Trinajstić information content (AvgIpc) is 2.04. The molecule has 0 saturated heterocycles. The van der Waals surface area contributed by atoms with Crippen molar-refractivity contribution in [1.82, 2.24) is 5.32 Å². The maximum absolute atomic E-state index is 10.8. The van der Waals surface area contributed by atoms with Crippen LogP contribution in [0.4, 0.5) is 0 Å². The molecule has 0 aliphatic heterocycles. The van der Waals surface area contributed by atoms with Crippen LogP contribution in [-0.4, -0.2) is 24.0 Å². The lowest BCUT2D eigenvalue weighted by atomic mass is 10.0. The molecule has 0 aromatic carbocycles. The van der Waals surface area contributed by atoms with Crippen LogP contribution in [0.25, 0.3) is 0 Å². The number of carbonyl (C=O) groups is 2.